The predicted molar refractivity (Wildman–Crippen MR) is 57.0 cm³/mol. The van der Waals surface area contributed by atoms with Crippen molar-refractivity contribution in [3.8, 4) is 0 Å². The topological polar surface area (TPSA) is 43.4 Å². The van der Waals surface area contributed by atoms with Gasteiger partial charge in [-0.25, -0.2) is 4.39 Å². The van der Waals surface area contributed by atoms with Crippen molar-refractivity contribution in [1.29, 1.82) is 0 Å². The van der Waals surface area contributed by atoms with E-state index >= 15 is 0 Å². The van der Waals surface area contributed by atoms with E-state index in [-0.39, 0.29) is 12.5 Å². The predicted octanol–water partition coefficient (Wildman–Crippen LogP) is 2.98. The van der Waals surface area contributed by atoms with E-state index in [0.29, 0.717) is 0 Å². The SMILES string of the molecule is COC(=O)CCC(=O)c1ccc(F)cc1C(F)(F)F. The molecule has 0 spiro atoms. The molecule has 0 atom stereocenters. The number of methoxy groups -OCH3 is 1. The molecule has 0 amide bonds. The van der Waals surface area contributed by atoms with Gasteiger partial charge < -0.3 is 4.74 Å². The van der Waals surface area contributed by atoms with Gasteiger partial charge in [0.2, 0.25) is 0 Å². The van der Waals surface area contributed by atoms with Crippen LogP contribution in [-0.2, 0) is 15.7 Å². The van der Waals surface area contributed by atoms with Crippen LogP contribution in [0, 0.1) is 5.82 Å². The Morgan fingerprint density at radius 1 is 1.21 bits per heavy atom. The molecule has 1 rings (SSSR count). The van der Waals surface area contributed by atoms with Gasteiger partial charge in [0, 0.05) is 12.0 Å². The molecule has 0 aliphatic heterocycles. The van der Waals surface area contributed by atoms with Crippen LogP contribution in [0.25, 0.3) is 0 Å². The van der Waals surface area contributed by atoms with Crippen LogP contribution in [-0.4, -0.2) is 18.9 Å². The number of esters is 1. The van der Waals surface area contributed by atoms with Gasteiger partial charge in [-0.2, -0.15) is 13.2 Å². The molecule has 0 unspecified atom stereocenters. The van der Waals surface area contributed by atoms with Gasteiger partial charge in [0.15, 0.2) is 5.78 Å². The largest absolute Gasteiger partial charge is 0.469 e. The Balaban J connectivity index is 3.00. The number of hydrogen-bond donors (Lipinski definition) is 0. The summed E-state index contributed by atoms with van der Waals surface area (Å²) in [4.78, 5) is 22.4. The lowest BCUT2D eigenvalue weighted by Gasteiger charge is -2.11. The zero-order valence-corrected chi connectivity index (χ0v) is 9.88. The number of alkyl halides is 3. The summed E-state index contributed by atoms with van der Waals surface area (Å²) in [5, 5.41) is 0. The van der Waals surface area contributed by atoms with Crippen molar-refractivity contribution in [3.63, 3.8) is 0 Å². The van der Waals surface area contributed by atoms with Gasteiger partial charge >= 0.3 is 12.1 Å². The Labute approximate surface area is 106 Å². The van der Waals surface area contributed by atoms with Crippen molar-refractivity contribution in [3.05, 3.63) is 35.1 Å². The van der Waals surface area contributed by atoms with Crippen LogP contribution < -0.4 is 0 Å². The lowest BCUT2D eigenvalue weighted by molar-refractivity contribution is -0.140. The Kier molecular flexibility index (Phi) is 4.63. The second-order valence-corrected chi connectivity index (χ2v) is 3.69. The third kappa shape index (κ3) is 4.04. The summed E-state index contributed by atoms with van der Waals surface area (Å²) < 4.78 is 55.0. The van der Waals surface area contributed by atoms with Gasteiger partial charge in [0.1, 0.15) is 5.82 Å². The number of carbonyl (C=O) groups is 2. The third-order valence-corrected chi connectivity index (χ3v) is 2.37. The highest BCUT2D eigenvalue weighted by Crippen LogP contribution is 2.33. The minimum Gasteiger partial charge on any atom is -0.469 e. The zero-order chi connectivity index (χ0) is 14.6. The molecule has 0 aliphatic carbocycles. The first-order valence-corrected chi connectivity index (χ1v) is 5.22. The summed E-state index contributed by atoms with van der Waals surface area (Å²) >= 11 is 0. The minimum absolute atomic E-state index is 0.255. The van der Waals surface area contributed by atoms with Crippen LogP contribution in [0.3, 0.4) is 0 Å². The lowest BCUT2D eigenvalue weighted by atomic mass is 10.00. The Bertz CT molecular complexity index is 494. The van der Waals surface area contributed by atoms with Crippen molar-refractivity contribution in [1.82, 2.24) is 0 Å². The molecule has 0 aromatic heterocycles. The average molecular weight is 278 g/mol. The first-order valence-electron chi connectivity index (χ1n) is 5.22. The monoisotopic (exact) mass is 278 g/mol. The quantitative estimate of drug-likeness (QED) is 0.483. The van der Waals surface area contributed by atoms with Crippen molar-refractivity contribution >= 4 is 11.8 Å². The summed E-state index contributed by atoms with van der Waals surface area (Å²) in [5.74, 6) is -2.68. The van der Waals surface area contributed by atoms with Crippen LogP contribution in [0.1, 0.15) is 28.8 Å². The van der Waals surface area contributed by atoms with Gasteiger partial charge in [0.25, 0.3) is 0 Å². The highest BCUT2D eigenvalue weighted by Gasteiger charge is 2.35. The summed E-state index contributed by atoms with van der Waals surface area (Å²) in [6, 6.07) is 1.78. The molecule has 1 aromatic rings. The maximum Gasteiger partial charge on any atom is 0.417 e. The first-order chi connectivity index (χ1) is 8.75. The standard InChI is InChI=1S/C12H10F4O3/c1-19-11(18)5-4-10(17)8-3-2-7(13)6-9(8)12(14,15)16/h2-3,6H,4-5H2,1H3. The molecule has 0 radical (unpaired) electrons. The van der Waals surface area contributed by atoms with Crippen LogP contribution >= 0.6 is 0 Å². The number of hydrogen-bond acceptors (Lipinski definition) is 3. The second-order valence-electron chi connectivity index (χ2n) is 3.69. The molecule has 0 fully saturated rings. The fourth-order valence-corrected chi connectivity index (χ4v) is 1.45. The van der Waals surface area contributed by atoms with E-state index in [1.54, 1.807) is 0 Å². The van der Waals surface area contributed by atoms with E-state index in [2.05, 4.69) is 4.74 Å². The van der Waals surface area contributed by atoms with Gasteiger partial charge in [-0.1, -0.05) is 0 Å². The van der Waals surface area contributed by atoms with Crippen molar-refractivity contribution in [2.24, 2.45) is 0 Å². The highest BCUT2D eigenvalue weighted by atomic mass is 19.4. The van der Waals surface area contributed by atoms with E-state index in [1.807, 2.05) is 0 Å². The molecular formula is C12H10F4O3. The van der Waals surface area contributed by atoms with Crippen molar-refractivity contribution in [2.45, 2.75) is 19.0 Å². The number of halogens is 4. The molecule has 0 bridgehead atoms. The fraction of sp³-hybridized carbons (Fsp3) is 0.333. The maximum absolute atomic E-state index is 12.8. The molecule has 104 valence electrons. The van der Waals surface area contributed by atoms with E-state index in [4.69, 9.17) is 0 Å². The fourth-order valence-electron chi connectivity index (χ4n) is 1.45. The third-order valence-electron chi connectivity index (χ3n) is 2.37. The molecule has 0 saturated carbocycles. The Morgan fingerprint density at radius 2 is 1.84 bits per heavy atom. The van der Waals surface area contributed by atoms with E-state index < -0.39 is 41.3 Å². The van der Waals surface area contributed by atoms with Crippen LogP contribution in [0.15, 0.2) is 18.2 Å². The maximum atomic E-state index is 12.8. The van der Waals surface area contributed by atoms with Gasteiger partial charge in [-0.3, -0.25) is 9.59 Å². The molecule has 0 N–H and O–H groups in total. The van der Waals surface area contributed by atoms with E-state index in [9.17, 15) is 27.2 Å². The molecular weight excluding hydrogens is 268 g/mol. The Hall–Kier alpha value is -1.92. The number of benzene rings is 1. The number of carbonyl (C=O) groups excluding carboxylic acids is 2. The molecule has 0 saturated heterocycles. The number of ketones is 1. The summed E-state index contributed by atoms with van der Waals surface area (Å²) in [6.07, 6.45) is -5.59. The molecule has 0 heterocycles. The minimum atomic E-state index is -4.83. The smallest absolute Gasteiger partial charge is 0.417 e. The van der Waals surface area contributed by atoms with E-state index in [0.717, 1.165) is 19.2 Å². The van der Waals surface area contributed by atoms with E-state index in [1.165, 1.54) is 0 Å². The lowest BCUT2D eigenvalue weighted by Crippen LogP contribution is -2.14. The molecule has 1 aromatic carbocycles. The normalized spacial score (nSPS) is 11.2. The zero-order valence-electron chi connectivity index (χ0n) is 9.88. The van der Waals surface area contributed by atoms with Crippen LogP contribution in [0.5, 0.6) is 0 Å². The van der Waals surface area contributed by atoms with Gasteiger partial charge in [-0.05, 0) is 18.2 Å². The number of ether oxygens (including phenoxy) is 1. The van der Waals surface area contributed by atoms with Crippen LogP contribution in [0.2, 0.25) is 0 Å². The number of Topliss-reactive ketones (excluding diaryl/α,β-unsaturated/α-hetero) is 1. The average Bonchev–Trinajstić information content (AvgIpc) is 2.34. The number of rotatable bonds is 4. The molecule has 19 heavy (non-hydrogen) atoms. The Morgan fingerprint density at radius 3 is 2.37 bits per heavy atom. The van der Waals surface area contributed by atoms with Crippen molar-refractivity contribution in [2.75, 3.05) is 7.11 Å². The van der Waals surface area contributed by atoms with Gasteiger partial charge in [-0.15, -0.1) is 0 Å². The van der Waals surface area contributed by atoms with Crippen molar-refractivity contribution < 1.29 is 31.9 Å². The summed E-state index contributed by atoms with van der Waals surface area (Å²) in [7, 11) is 1.10. The molecule has 7 heteroatoms. The first kappa shape index (κ1) is 15.1. The van der Waals surface area contributed by atoms with Crippen LogP contribution in [0.4, 0.5) is 17.6 Å². The summed E-state index contributed by atoms with van der Waals surface area (Å²) in [6.45, 7) is 0. The molecule has 3 nitrogen and oxygen atoms in total. The molecule has 0 aliphatic rings. The van der Waals surface area contributed by atoms with Gasteiger partial charge in [0.05, 0.1) is 19.1 Å². The summed E-state index contributed by atoms with van der Waals surface area (Å²) in [5.41, 5.74) is -2.00. The second kappa shape index (κ2) is 5.81. The highest BCUT2D eigenvalue weighted by molar-refractivity contribution is 5.99.